The molecule has 1 aliphatic rings. The van der Waals surface area contributed by atoms with Crippen LogP contribution in [0.5, 0.6) is 11.5 Å². The lowest BCUT2D eigenvalue weighted by Gasteiger charge is -2.33. The van der Waals surface area contributed by atoms with E-state index in [0.29, 0.717) is 31.7 Å². The SMILES string of the molecule is CCNC(=O)[C@H](CC)N(CCc1ccccc1)C(=O)CN(c1ccc(F)cc1)S(=O)(=O)c1ccc2c(c1)OCCO2. The van der Waals surface area contributed by atoms with Gasteiger partial charge in [0.1, 0.15) is 31.6 Å². The zero-order chi connectivity index (χ0) is 29.4. The van der Waals surface area contributed by atoms with Gasteiger partial charge in [-0.05, 0) is 61.7 Å². The Morgan fingerprint density at radius 3 is 2.29 bits per heavy atom. The number of ether oxygens (including phenoxy) is 2. The Kier molecular flexibility index (Phi) is 9.82. The molecule has 0 unspecified atom stereocenters. The van der Waals surface area contributed by atoms with E-state index in [0.717, 1.165) is 22.0 Å². The van der Waals surface area contributed by atoms with E-state index in [9.17, 15) is 22.4 Å². The number of anilines is 1. The molecular weight excluding hydrogens is 549 g/mol. The summed E-state index contributed by atoms with van der Waals surface area (Å²) in [6.07, 6.45) is 0.797. The maximum atomic E-state index is 14.0. The van der Waals surface area contributed by atoms with Crippen LogP contribution >= 0.6 is 0 Å². The minimum Gasteiger partial charge on any atom is -0.486 e. The molecule has 0 aliphatic carbocycles. The smallest absolute Gasteiger partial charge is 0.264 e. The Balaban J connectivity index is 1.70. The Hall–Kier alpha value is -4.12. The van der Waals surface area contributed by atoms with E-state index in [-0.39, 0.29) is 35.4 Å². The highest BCUT2D eigenvalue weighted by atomic mass is 32.2. The van der Waals surface area contributed by atoms with Crippen molar-refractivity contribution in [1.29, 1.82) is 0 Å². The number of hydrogen-bond acceptors (Lipinski definition) is 6. The summed E-state index contributed by atoms with van der Waals surface area (Å²) in [4.78, 5) is 28.2. The van der Waals surface area contributed by atoms with Crippen LogP contribution in [0.15, 0.2) is 77.7 Å². The highest BCUT2D eigenvalue weighted by Gasteiger charge is 2.34. The summed E-state index contributed by atoms with van der Waals surface area (Å²) in [5, 5.41) is 2.77. The number of benzene rings is 3. The number of hydrogen-bond donors (Lipinski definition) is 1. The molecule has 218 valence electrons. The summed E-state index contributed by atoms with van der Waals surface area (Å²) in [6, 6.07) is 17.8. The molecule has 0 bridgehead atoms. The van der Waals surface area contributed by atoms with Crippen molar-refractivity contribution in [3.8, 4) is 11.5 Å². The number of amides is 2. The lowest BCUT2D eigenvalue weighted by atomic mass is 10.1. The van der Waals surface area contributed by atoms with Crippen LogP contribution in [-0.2, 0) is 26.0 Å². The summed E-state index contributed by atoms with van der Waals surface area (Å²) in [5.41, 5.74) is 1.07. The Morgan fingerprint density at radius 1 is 0.951 bits per heavy atom. The molecule has 1 aliphatic heterocycles. The molecular formula is C30H34FN3O6S. The molecule has 0 radical (unpaired) electrons. The van der Waals surface area contributed by atoms with Gasteiger partial charge in [-0.3, -0.25) is 13.9 Å². The van der Waals surface area contributed by atoms with Crippen LogP contribution in [0.1, 0.15) is 25.8 Å². The van der Waals surface area contributed by atoms with Gasteiger partial charge in [0.15, 0.2) is 11.5 Å². The summed E-state index contributed by atoms with van der Waals surface area (Å²) in [7, 11) is -4.33. The molecule has 11 heteroatoms. The minimum absolute atomic E-state index is 0.101. The van der Waals surface area contributed by atoms with Gasteiger partial charge in [0.25, 0.3) is 10.0 Å². The predicted octanol–water partition coefficient (Wildman–Crippen LogP) is 3.78. The quantitative estimate of drug-likeness (QED) is 0.348. The Labute approximate surface area is 239 Å². The zero-order valence-corrected chi connectivity index (χ0v) is 23.9. The van der Waals surface area contributed by atoms with Gasteiger partial charge in [0.05, 0.1) is 10.6 Å². The van der Waals surface area contributed by atoms with Crippen LogP contribution < -0.4 is 19.1 Å². The molecule has 41 heavy (non-hydrogen) atoms. The number of likely N-dealkylation sites (N-methyl/N-ethyl adjacent to an activating group) is 1. The molecule has 3 aromatic carbocycles. The lowest BCUT2D eigenvalue weighted by Crippen LogP contribution is -2.53. The molecule has 3 aromatic rings. The van der Waals surface area contributed by atoms with Gasteiger partial charge in [-0.2, -0.15) is 0 Å². The van der Waals surface area contributed by atoms with Crippen LogP contribution in [0.4, 0.5) is 10.1 Å². The largest absolute Gasteiger partial charge is 0.486 e. The van der Waals surface area contributed by atoms with Crippen molar-refractivity contribution < 1.29 is 31.9 Å². The van der Waals surface area contributed by atoms with E-state index in [1.807, 2.05) is 30.3 Å². The fraction of sp³-hybridized carbons (Fsp3) is 0.333. The van der Waals surface area contributed by atoms with Gasteiger partial charge in [-0.25, -0.2) is 12.8 Å². The third-order valence-electron chi connectivity index (χ3n) is 6.72. The number of carbonyl (C=O) groups excluding carboxylic acids is 2. The number of carbonyl (C=O) groups is 2. The third-order valence-corrected chi connectivity index (χ3v) is 8.49. The van der Waals surface area contributed by atoms with E-state index < -0.39 is 34.3 Å². The molecule has 0 spiro atoms. The lowest BCUT2D eigenvalue weighted by molar-refractivity contribution is -0.139. The van der Waals surface area contributed by atoms with Crippen LogP contribution in [0, 0.1) is 5.82 Å². The number of rotatable bonds is 12. The van der Waals surface area contributed by atoms with Crippen molar-refractivity contribution in [2.45, 2.75) is 37.6 Å². The molecule has 0 fully saturated rings. The summed E-state index contributed by atoms with van der Waals surface area (Å²) in [5.74, 6) is -0.749. The molecule has 0 saturated heterocycles. The fourth-order valence-corrected chi connectivity index (χ4v) is 6.07. The number of nitrogens with zero attached hydrogens (tertiary/aromatic N) is 2. The average Bonchev–Trinajstić information content (AvgIpc) is 2.98. The molecule has 9 nitrogen and oxygen atoms in total. The monoisotopic (exact) mass is 583 g/mol. The van der Waals surface area contributed by atoms with Gasteiger partial charge in [0, 0.05) is 19.2 Å². The average molecular weight is 584 g/mol. The fourth-order valence-electron chi connectivity index (χ4n) is 4.64. The highest BCUT2D eigenvalue weighted by Crippen LogP contribution is 2.34. The van der Waals surface area contributed by atoms with Crippen molar-refractivity contribution in [3.63, 3.8) is 0 Å². The van der Waals surface area contributed by atoms with E-state index in [2.05, 4.69) is 5.32 Å². The van der Waals surface area contributed by atoms with Gasteiger partial charge in [-0.1, -0.05) is 37.3 Å². The second-order valence-electron chi connectivity index (χ2n) is 9.43. The molecule has 1 N–H and O–H groups in total. The molecule has 2 amide bonds. The first kappa shape index (κ1) is 29.9. The normalized spacial score (nSPS) is 13.2. The topological polar surface area (TPSA) is 105 Å². The number of halogens is 1. The molecule has 4 rings (SSSR count). The van der Waals surface area contributed by atoms with Crippen LogP contribution in [0.25, 0.3) is 0 Å². The molecule has 1 atom stereocenters. The summed E-state index contributed by atoms with van der Waals surface area (Å²) in [6.45, 7) is 4.18. The van der Waals surface area contributed by atoms with Crippen molar-refractivity contribution in [2.24, 2.45) is 0 Å². The Bertz CT molecular complexity index is 1450. The van der Waals surface area contributed by atoms with E-state index in [1.165, 1.54) is 35.2 Å². The van der Waals surface area contributed by atoms with Crippen LogP contribution in [0.2, 0.25) is 0 Å². The summed E-state index contributed by atoms with van der Waals surface area (Å²) >= 11 is 0. The Morgan fingerprint density at radius 2 is 1.63 bits per heavy atom. The highest BCUT2D eigenvalue weighted by molar-refractivity contribution is 7.92. The predicted molar refractivity (Wildman–Crippen MR) is 153 cm³/mol. The van der Waals surface area contributed by atoms with Crippen LogP contribution in [-0.4, -0.2) is 64.0 Å². The third kappa shape index (κ3) is 7.15. The minimum atomic E-state index is -4.33. The maximum Gasteiger partial charge on any atom is 0.264 e. The van der Waals surface area contributed by atoms with Gasteiger partial charge in [0.2, 0.25) is 11.8 Å². The van der Waals surface area contributed by atoms with Gasteiger partial charge in [-0.15, -0.1) is 0 Å². The van der Waals surface area contributed by atoms with Gasteiger partial charge < -0.3 is 19.7 Å². The first-order valence-corrected chi connectivity index (χ1v) is 15.0. The second kappa shape index (κ2) is 13.5. The van der Waals surface area contributed by atoms with Crippen molar-refractivity contribution in [2.75, 3.05) is 37.2 Å². The molecule has 0 saturated carbocycles. The molecule has 1 heterocycles. The van der Waals surface area contributed by atoms with Crippen molar-refractivity contribution >= 4 is 27.5 Å². The first-order valence-electron chi connectivity index (χ1n) is 13.5. The number of fused-ring (bicyclic) bond motifs is 1. The second-order valence-corrected chi connectivity index (χ2v) is 11.3. The van der Waals surface area contributed by atoms with Gasteiger partial charge >= 0.3 is 0 Å². The van der Waals surface area contributed by atoms with E-state index in [1.54, 1.807) is 13.8 Å². The van der Waals surface area contributed by atoms with Crippen molar-refractivity contribution in [1.82, 2.24) is 10.2 Å². The maximum absolute atomic E-state index is 14.0. The zero-order valence-electron chi connectivity index (χ0n) is 23.1. The molecule has 0 aromatic heterocycles. The first-order chi connectivity index (χ1) is 19.7. The van der Waals surface area contributed by atoms with Crippen molar-refractivity contribution in [3.05, 3.63) is 84.2 Å². The standard InChI is InChI=1S/C30H34FN3O6S/c1-3-26(30(36)32-4-2)33(17-16-22-8-6-5-7-9-22)29(35)21-34(24-12-10-23(31)11-13-24)41(37,38)25-14-15-27-28(20-25)40-19-18-39-27/h5-15,20,26H,3-4,16-19,21H2,1-2H3,(H,32,36)/t26-/m0/s1. The van der Waals surface area contributed by atoms with Crippen LogP contribution in [0.3, 0.4) is 0 Å². The number of sulfonamides is 1. The number of nitrogens with one attached hydrogen (secondary N) is 1. The van der Waals surface area contributed by atoms with E-state index in [4.69, 9.17) is 9.47 Å². The summed E-state index contributed by atoms with van der Waals surface area (Å²) < 4.78 is 53.8. The van der Waals surface area contributed by atoms with E-state index >= 15 is 0 Å².